The largest absolute Gasteiger partial charge is 0.369 e. The van der Waals surface area contributed by atoms with Gasteiger partial charge in [0, 0.05) is 25.7 Å². The number of amides is 3. The quantitative estimate of drug-likeness (QED) is 0.613. The highest BCUT2D eigenvalue weighted by Gasteiger charge is 2.27. The second kappa shape index (κ2) is 15.3. The smallest absolute Gasteiger partial charge is 0.319 e. The lowest BCUT2D eigenvalue weighted by atomic mass is 10.2. The number of nitrogens with two attached hydrogens (primary N) is 1. The maximum atomic E-state index is 12.5. The molecule has 178 valence electrons. The first-order chi connectivity index (χ1) is 12.5. The van der Waals surface area contributed by atoms with Gasteiger partial charge in [0.2, 0.25) is 5.91 Å². The maximum absolute atomic E-state index is 12.5. The van der Waals surface area contributed by atoms with Gasteiger partial charge in [0.1, 0.15) is 6.67 Å². The molecule has 1 aliphatic heterocycles. The zero-order chi connectivity index (χ0) is 18.7. The Balaban J connectivity index is -0.00000157. The third kappa shape index (κ3) is 8.51. The van der Waals surface area contributed by atoms with Crippen LogP contribution < -0.4 is 16.6 Å². The molecule has 0 radical (unpaired) electrons. The lowest BCUT2D eigenvalue weighted by molar-refractivity contribution is -0.119. The number of nitrogens with one attached hydrogen (secondary N) is 1. The van der Waals surface area contributed by atoms with E-state index in [0.717, 1.165) is 0 Å². The molecule has 31 heavy (non-hydrogen) atoms. The fourth-order valence-corrected chi connectivity index (χ4v) is 3.17. The third-order valence-corrected chi connectivity index (χ3v) is 4.48. The molecule has 3 rings (SSSR count). The van der Waals surface area contributed by atoms with Gasteiger partial charge in [-0.25, -0.2) is 9.78 Å². The van der Waals surface area contributed by atoms with Crippen LogP contribution in [0.2, 0.25) is 0 Å². The first kappa shape index (κ1) is 34.1. The van der Waals surface area contributed by atoms with Crippen LogP contribution in [0, 0.1) is 0 Å². The van der Waals surface area contributed by atoms with Crippen molar-refractivity contribution in [2.24, 2.45) is 5.73 Å². The highest BCUT2D eigenvalue weighted by Crippen LogP contribution is 2.09. The molecule has 9 nitrogen and oxygen atoms in total. The average Bonchev–Trinajstić information content (AvgIpc) is 2.61. The van der Waals surface area contributed by atoms with E-state index in [1.54, 1.807) is 23.1 Å². The SMILES string of the molecule is CC1CN(CC(N)=O)CCN1C(=O)NCn1cnc2ccccc2c1=O.Cl.Cl.Cl.Cl.Cl. The normalized spacial score (nSPS) is 15.1. The molecule has 3 amide bonds. The van der Waals surface area contributed by atoms with Crippen LogP contribution in [0.25, 0.3) is 10.9 Å². The zero-order valence-electron chi connectivity index (χ0n) is 16.6. The van der Waals surface area contributed by atoms with E-state index in [0.29, 0.717) is 30.5 Å². The predicted octanol–water partition coefficient (Wildman–Crippen LogP) is 1.66. The van der Waals surface area contributed by atoms with Gasteiger partial charge in [-0.1, -0.05) is 12.1 Å². The number of hydrogen-bond donors (Lipinski definition) is 2. The molecule has 0 bridgehead atoms. The fraction of sp³-hybridized carbons (Fsp3) is 0.412. The summed E-state index contributed by atoms with van der Waals surface area (Å²) in [6.45, 7) is 3.80. The van der Waals surface area contributed by atoms with Crippen molar-refractivity contribution in [3.05, 3.63) is 40.9 Å². The van der Waals surface area contributed by atoms with Crippen LogP contribution in [0.3, 0.4) is 0 Å². The number of benzene rings is 1. The van der Waals surface area contributed by atoms with Gasteiger partial charge in [-0.2, -0.15) is 0 Å². The molecular formula is C17H27Cl5N6O3. The molecule has 0 aliphatic carbocycles. The van der Waals surface area contributed by atoms with Crippen LogP contribution in [0.15, 0.2) is 35.4 Å². The van der Waals surface area contributed by atoms with E-state index in [2.05, 4.69) is 10.3 Å². The summed E-state index contributed by atoms with van der Waals surface area (Å²) in [5.74, 6) is -0.377. The summed E-state index contributed by atoms with van der Waals surface area (Å²) in [6, 6.07) is 6.77. The molecule has 1 aromatic heterocycles. The van der Waals surface area contributed by atoms with Crippen molar-refractivity contribution in [3.63, 3.8) is 0 Å². The van der Waals surface area contributed by atoms with E-state index >= 15 is 0 Å². The van der Waals surface area contributed by atoms with Gasteiger partial charge in [0.25, 0.3) is 5.56 Å². The van der Waals surface area contributed by atoms with Gasteiger partial charge in [-0.3, -0.25) is 19.1 Å². The van der Waals surface area contributed by atoms with E-state index in [1.807, 2.05) is 17.9 Å². The first-order valence-corrected chi connectivity index (χ1v) is 8.45. The summed E-state index contributed by atoms with van der Waals surface area (Å²) < 4.78 is 1.37. The summed E-state index contributed by atoms with van der Waals surface area (Å²) in [4.78, 5) is 43.8. The van der Waals surface area contributed by atoms with Crippen LogP contribution >= 0.6 is 62.0 Å². The molecule has 2 aromatic rings. The van der Waals surface area contributed by atoms with Crippen molar-refractivity contribution < 1.29 is 9.59 Å². The number of halogens is 5. The number of para-hydroxylation sites is 1. The number of primary amides is 1. The zero-order valence-corrected chi connectivity index (χ0v) is 20.7. The van der Waals surface area contributed by atoms with E-state index in [-0.39, 0.29) is 98.8 Å². The third-order valence-electron chi connectivity index (χ3n) is 4.48. The van der Waals surface area contributed by atoms with Crippen LogP contribution in [0.1, 0.15) is 6.92 Å². The van der Waals surface area contributed by atoms with Crippen molar-refractivity contribution in [2.45, 2.75) is 19.6 Å². The summed E-state index contributed by atoms with van der Waals surface area (Å²) in [5.41, 5.74) is 5.64. The monoisotopic (exact) mass is 538 g/mol. The standard InChI is InChI=1S/C17H22N6O3.5ClH/c1-12-8-21(9-15(18)24)6-7-23(12)17(26)20-11-22-10-19-14-5-3-2-4-13(14)16(22)25;;;;;/h2-5,10,12H,6-9,11H2,1H3,(H2,18,24)(H,20,26);5*1H. The number of urea groups is 1. The van der Waals surface area contributed by atoms with Crippen LogP contribution in [-0.2, 0) is 11.5 Å². The average molecular weight is 541 g/mol. The van der Waals surface area contributed by atoms with Gasteiger partial charge in [0.15, 0.2) is 0 Å². The Labute approximate surface area is 211 Å². The van der Waals surface area contributed by atoms with Crippen molar-refractivity contribution >= 4 is 84.9 Å². The first-order valence-electron chi connectivity index (χ1n) is 8.45. The van der Waals surface area contributed by atoms with Crippen molar-refractivity contribution in [1.29, 1.82) is 0 Å². The minimum Gasteiger partial charge on any atom is -0.369 e. The second-order valence-corrected chi connectivity index (χ2v) is 6.42. The Morgan fingerprint density at radius 3 is 2.39 bits per heavy atom. The number of nitrogens with zero attached hydrogens (tertiary/aromatic N) is 4. The summed E-state index contributed by atoms with van der Waals surface area (Å²) >= 11 is 0. The highest BCUT2D eigenvalue weighted by molar-refractivity contribution is 5.86. The molecule has 1 fully saturated rings. The maximum Gasteiger partial charge on any atom is 0.319 e. The molecule has 0 saturated carbocycles. The van der Waals surface area contributed by atoms with Gasteiger partial charge >= 0.3 is 6.03 Å². The number of carbonyl (C=O) groups excluding carboxylic acids is 2. The summed E-state index contributed by atoms with van der Waals surface area (Å²) in [7, 11) is 0. The summed E-state index contributed by atoms with van der Waals surface area (Å²) in [5, 5.41) is 3.27. The molecule has 14 heteroatoms. The minimum absolute atomic E-state index is 0. The molecule has 1 aromatic carbocycles. The van der Waals surface area contributed by atoms with Crippen LogP contribution in [-0.4, -0.2) is 63.5 Å². The highest BCUT2D eigenvalue weighted by atomic mass is 35.5. The predicted molar refractivity (Wildman–Crippen MR) is 133 cm³/mol. The molecule has 0 spiro atoms. The molecule has 1 aliphatic rings. The van der Waals surface area contributed by atoms with Gasteiger partial charge in [0.05, 0.1) is 23.8 Å². The molecule has 3 N–H and O–H groups in total. The van der Waals surface area contributed by atoms with E-state index in [4.69, 9.17) is 5.73 Å². The Morgan fingerprint density at radius 2 is 1.77 bits per heavy atom. The number of aromatic nitrogens is 2. The van der Waals surface area contributed by atoms with Crippen LogP contribution in [0.5, 0.6) is 0 Å². The Kier molecular flexibility index (Phi) is 16.9. The number of rotatable bonds is 4. The summed E-state index contributed by atoms with van der Waals surface area (Å²) in [6.07, 6.45) is 1.43. The topological polar surface area (TPSA) is 114 Å². The van der Waals surface area contributed by atoms with E-state index in [9.17, 15) is 14.4 Å². The van der Waals surface area contributed by atoms with E-state index < -0.39 is 0 Å². The van der Waals surface area contributed by atoms with Gasteiger partial charge in [-0.05, 0) is 19.1 Å². The Morgan fingerprint density at radius 1 is 1.13 bits per heavy atom. The van der Waals surface area contributed by atoms with Gasteiger partial charge in [-0.15, -0.1) is 62.0 Å². The van der Waals surface area contributed by atoms with Crippen molar-refractivity contribution in [1.82, 2.24) is 24.7 Å². The molecule has 2 heterocycles. The van der Waals surface area contributed by atoms with Crippen LogP contribution in [0.4, 0.5) is 4.79 Å². The number of carbonyl (C=O) groups is 2. The Bertz CT molecular complexity index is 900. The molecular weight excluding hydrogens is 513 g/mol. The van der Waals surface area contributed by atoms with Crippen molar-refractivity contribution in [3.8, 4) is 0 Å². The molecule has 1 unspecified atom stereocenters. The lowest BCUT2D eigenvalue weighted by Gasteiger charge is -2.39. The number of fused-ring (bicyclic) bond motifs is 1. The van der Waals surface area contributed by atoms with Crippen molar-refractivity contribution in [2.75, 3.05) is 26.2 Å². The van der Waals surface area contributed by atoms with Gasteiger partial charge < -0.3 is 16.0 Å². The minimum atomic E-state index is -0.377. The Hall–Kier alpha value is -1.49. The number of piperazine rings is 1. The molecule has 1 saturated heterocycles. The number of hydrogen-bond acceptors (Lipinski definition) is 5. The molecule has 1 atom stereocenters. The fourth-order valence-electron chi connectivity index (χ4n) is 3.17. The second-order valence-electron chi connectivity index (χ2n) is 6.42. The lowest BCUT2D eigenvalue weighted by Crippen LogP contribution is -2.57. The van der Waals surface area contributed by atoms with E-state index in [1.165, 1.54) is 10.9 Å².